The largest absolute Gasteiger partial charge is 0.416 e. The molecule has 0 saturated carbocycles. The van der Waals surface area contributed by atoms with Crippen molar-refractivity contribution in [2.24, 2.45) is 0 Å². The number of halogens is 5. The first-order valence-electron chi connectivity index (χ1n) is 12.9. The van der Waals surface area contributed by atoms with Gasteiger partial charge in [0.05, 0.1) is 43.7 Å². The molecule has 13 heteroatoms. The molecular weight excluding hydrogens is 549 g/mol. The van der Waals surface area contributed by atoms with E-state index in [0.29, 0.717) is 5.56 Å². The van der Waals surface area contributed by atoms with Crippen LogP contribution in [0.15, 0.2) is 36.4 Å². The standard InChI is InChI=1S/C28H30F5N5O3/c1-36(16-34)24(35)23(29)27(14-41-15-27)18-4-3-5-19(8-18)38-10-21-20(25(38)39)6-17(7-22(21)28(31,32)33)9-37-11-26(30,12-37)13-40-2/h3-8,16,23,34-35H,9-15H2,1-2H3. The average molecular weight is 580 g/mol. The number of hydrogen-bond acceptors (Lipinski definition) is 6. The van der Waals surface area contributed by atoms with E-state index in [1.54, 1.807) is 29.2 Å². The van der Waals surface area contributed by atoms with Crippen LogP contribution in [0.2, 0.25) is 0 Å². The van der Waals surface area contributed by atoms with Crippen LogP contribution >= 0.6 is 0 Å². The minimum absolute atomic E-state index is 0.0141. The van der Waals surface area contributed by atoms with Crippen LogP contribution in [0.4, 0.5) is 27.6 Å². The first-order chi connectivity index (χ1) is 19.3. The number of alkyl halides is 5. The Kier molecular flexibility index (Phi) is 7.41. The van der Waals surface area contributed by atoms with Crippen LogP contribution in [0.5, 0.6) is 0 Å². The predicted molar refractivity (Wildman–Crippen MR) is 141 cm³/mol. The third-order valence-corrected chi connectivity index (χ3v) is 7.98. The van der Waals surface area contributed by atoms with Gasteiger partial charge in [-0.1, -0.05) is 12.1 Å². The summed E-state index contributed by atoms with van der Waals surface area (Å²) >= 11 is 0. The van der Waals surface area contributed by atoms with Gasteiger partial charge in [0.25, 0.3) is 5.91 Å². The molecule has 0 radical (unpaired) electrons. The fourth-order valence-corrected chi connectivity index (χ4v) is 5.77. The molecule has 2 fully saturated rings. The number of fused-ring (bicyclic) bond motifs is 1. The maximum absolute atomic E-state index is 15.6. The van der Waals surface area contributed by atoms with Crippen molar-refractivity contribution >= 4 is 23.8 Å². The molecule has 2 aromatic carbocycles. The summed E-state index contributed by atoms with van der Waals surface area (Å²) < 4.78 is 82.7. The van der Waals surface area contributed by atoms with Crippen molar-refractivity contribution in [2.45, 2.75) is 36.5 Å². The molecule has 3 aliphatic rings. The molecule has 0 bridgehead atoms. The summed E-state index contributed by atoms with van der Waals surface area (Å²) in [6.07, 6.45) is -5.72. The molecule has 2 N–H and O–H groups in total. The lowest BCUT2D eigenvalue weighted by atomic mass is 9.73. The minimum Gasteiger partial charge on any atom is -0.381 e. The topological polar surface area (TPSA) is 93.0 Å². The van der Waals surface area contributed by atoms with Crippen molar-refractivity contribution in [3.05, 3.63) is 64.2 Å². The van der Waals surface area contributed by atoms with E-state index in [1.807, 2.05) is 0 Å². The van der Waals surface area contributed by atoms with Crippen molar-refractivity contribution in [1.82, 2.24) is 9.80 Å². The van der Waals surface area contributed by atoms with E-state index < -0.39 is 40.7 Å². The Morgan fingerprint density at radius 2 is 1.95 bits per heavy atom. The molecule has 41 heavy (non-hydrogen) atoms. The van der Waals surface area contributed by atoms with E-state index in [4.69, 9.17) is 20.3 Å². The van der Waals surface area contributed by atoms with Crippen molar-refractivity contribution in [3.63, 3.8) is 0 Å². The fraction of sp³-hybridized carbons (Fsp3) is 0.464. The number of ether oxygens (including phenoxy) is 2. The van der Waals surface area contributed by atoms with Gasteiger partial charge in [-0.25, -0.2) is 8.78 Å². The van der Waals surface area contributed by atoms with Gasteiger partial charge in [0.2, 0.25) is 0 Å². The van der Waals surface area contributed by atoms with E-state index in [0.717, 1.165) is 17.3 Å². The molecule has 5 rings (SSSR count). The van der Waals surface area contributed by atoms with Crippen LogP contribution in [0.3, 0.4) is 0 Å². The van der Waals surface area contributed by atoms with Crippen molar-refractivity contribution in [3.8, 4) is 0 Å². The lowest BCUT2D eigenvalue weighted by Crippen LogP contribution is -2.60. The molecule has 1 unspecified atom stereocenters. The van der Waals surface area contributed by atoms with Gasteiger partial charge in [0, 0.05) is 45.0 Å². The minimum atomic E-state index is -4.72. The SMILES string of the molecule is COCC1(F)CN(Cc2cc3c(c(C(F)(F)F)c2)CN(c2cccc(C4(C(F)C(=N)N(C)C=N)COC4)c2)C3=O)C1. The molecule has 220 valence electrons. The Morgan fingerprint density at radius 3 is 2.54 bits per heavy atom. The molecule has 0 aliphatic carbocycles. The van der Waals surface area contributed by atoms with Crippen LogP contribution in [-0.4, -0.2) is 86.8 Å². The fourth-order valence-electron chi connectivity index (χ4n) is 5.77. The number of likely N-dealkylation sites (tertiary alicyclic amines) is 1. The van der Waals surface area contributed by atoms with Gasteiger partial charge in [-0.3, -0.25) is 20.5 Å². The van der Waals surface area contributed by atoms with Crippen LogP contribution < -0.4 is 4.90 Å². The zero-order valence-corrected chi connectivity index (χ0v) is 22.5. The van der Waals surface area contributed by atoms with Crippen LogP contribution in [0.25, 0.3) is 0 Å². The van der Waals surface area contributed by atoms with Gasteiger partial charge < -0.3 is 19.3 Å². The van der Waals surface area contributed by atoms with E-state index in [2.05, 4.69) is 0 Å². The first kappa shape index (κ1) is 29.1. The van der Waals surface area contributed by atoms with Gasteiger partial charge >= 0.3 is 6.18 Å². The summed E-state index contributed by atoms with van der Waals surface area (Å²) in [5.41, 5.74) is -2.98. The number of nitrogens with zero attached hydrogens (tertiary/aromatic N) is 3. The Balaban J connectivity index is 1.43. The van der Waals surface area contributed by atoms with Crippen LogP contribution in [0, 0.1) is 10.8 Å². The zero-order chi connectivity index (χ0) is 29.7. The van der Waals surface area contributed by atoms with E-state index in [1.165, 1.54) is 25.1 Å². The Bertz CT molecular complexity index is 1370. The highest BCUT2D eigenvalue weighted by Crippen LogP contribution is 2.43. The smallest absolute Gasteiger partial charge is 0.381 e. The summed E-state index contributed by atoms with van der Waals surface area (Å²) in [7, 11) is 2.76. The summed E-state index contributed by atoms with van der Waals surface area (Å²) in [6.45, 7) is -0.436. The summed E-state index contributed by atoms with van der Waals surface area (Å²) in [5.74, 6) is -1.06. The lowest BCUT2D eigenvalue weighted by molar-refractivity contribution is -0.138. The molecule has 2 saturated heterocycles. The van der Waals surface area contributed by atoms with Gasteiger partial charge in [-0.15, -0.1) is 0 Å². The average Bonchev–Trinajstić information content (AvgIpc) is 3.21. The van der Waals surface area contributed by atoms with E-state index in [-0.39, 0.29) is 68.4 Å². The zero-order valence-electron chi connectivity index (χ0n) is 22.5. The van der Waals surface area contributed by atoms with Crippen LogP contribution in [0.1, 0.15) is 32.6 Å². The first-order valence-corrected chi connectivity index (χ1v) is 12.9. The normalized spacial score (nSPS) is 20.2. The van der Waals surface area contributed by atoms with Crippen molar-refractivity contribution < 1.29 is 36.2 Å². The molecule has 3 heterocycles. The monoisotopic (exact) mass is 579 g/mol. The Labute approximate surface area is 233 Å². The van der Waals surface area contributed by atoms with Gasteiger partial charge in [-0.05, 0) is 41.0 Å². The second-order valence-corrected chi connectivity index (χ2v) is 11.0. The quantitative estimate of drug-likeness (QED) is 0.265. The third kappa shape index (κ3) is 5.10. The molecule has 0 spiro atoms. The Morgan fingerprint density at radius 1 is 1.24 bits per heavy atom. The molecular formula is C28H30F5N5O3. The lowest BCUT2D eigenvalue weighted by Gasteiger charge is -2.45. The number of anilines is 1. The number of rotatable bonds is 9. The maximum Gasteiger partial charge on any atom is 0.416 e. The molecule has 1 amide bonds. The Hall–Kier alpha value is -3.42. The number of amides is 1. The second-order valence-electron chi connectivity index (χ2n) is 11.0. The number of amidine groups is 1. The molecule has 3 aliphatic heterocycles. The molecule has 8 nitrogen and oxygen atoms in total. The van der Waals surface area contributed by atoms with E-state index in [9.17, 15) is 22.4 Å². The highest BCUT2D eigenvalue weighted by molar-refractivity contribution is 6.10. The summed E-state index contributed by atoms with van der Waals surface area (Å²) in [6, 6.07) is 8.76. The van der Waals surface area contributed by atoms with Gasteiger partial charge in [0.15, 0.2) is 11.8 Å². The number of carbonyl (C=O) groups excluding carboxylic acids is 1. The molecule has 1 atom stereocenters. The van der Waals surface area contributed by atoms with Crippen LogP contribution in [-0.2, 0) is 34.2 Å². The number of benzene rings is 2. The highest BCUT2D eigenvalue weighted by atomic mass is 19.4. The van der Waals surface area contributed by atoms with E-state index >= 15 is 4.39 Å². The molecule has 0 aromatic heterocycles. The molecule has 2 aromatic rings. The third-order valence-electron chi connectivity index (χ3n) is 7.98. The van der Waals surface area contributed by atoms with Crippen molar-refractivity contribution in [1.29, 1.82) is 10.8 Å². The predicted octanol–water partition coefficient (Wildman–Crippen LogP) is 4.16. The number of nitrogens with one attached hydrogen (secondary N) is 2. The summed E-state index contributed by atoms with van der Waals surface area (Å²) in [5, 5.41) is 15.5. The summed E-state index contributed by atoms with van der Waals surface area (Å²) in [4.78, 5) is 17.4. The van der Waals surface area contributed by atoms with Crippen molar-refractivity contribution in [2.75, 3.05) is 52.0 Å². The highest BCUT2D eigenvalue weighted by Gasteiger charge is 2.51. The van der Waals surface area contributed by atoms with Gasteiger partial charge in [-0.2, -0.15) is 13.2 Å². The number of methoxy groups -OCH3 is 1. The number of hydrogen-bond donors (Lipinski definition) is 2. The maximum atomic E-state index is 15.6. The van der Waals surface area contributed by atoms with Gasteiger partial charge in [0.1, 0.15) is 5.84 Å². The second kappa shape index (κ2) is 10.4. The number of carbonyl (C=O) groups is 1.